The molecule has 0 spiro atoms. The minimum Gasteiger partial charge on any atom is -0.324 e. The lowest BCUT2D eigenvalue weighted by Gasteiger charge is -2.11. The number of hydrogen-bond donors (Lipinski definition) is 1. The van der Waals surface area contributed by atoms with Crippen molar-refractivity contribution in [2.24, 2.45) is 11.7 Å². The summed E-state index contributed by atoms with van der Waals surface area (Å²) >= 11 is 1.86. The fourth-order valence-electron chi connectivity index (χ4n) is 2.91. The zero-order valence-electron chi connectivity index (χ0n) is 10.9. The lowest BCUT2D eigenvalue weighted by molar-refractivity contribution is 0.615. The van der Waals surface area contributed by atoms with E-state index in [9.17, 15) is 0 Å². The first kappa shape index (κ1) is 11.9. The number of thiophene rings is 1. The predicted octanol–water partition coefficient (Wildman–Crippen LogP) is 4.17. The van der Waals surface area contributed by atoms with Crippen molar-refractivity contribution in [3.05, 3.63) is 57.3 Å². The van der Waals surface area contributed by atoms with Crippen molar-refractivity contribution in [2.75, 3.05) is 0 Å². The summed E-state index contributed by atoms with van der Waals surface area (Å²) in [6, 6.07) is 13.2. The average molecular weight is 257 g/mol. The van der Waals surface area contributed by atoms with Crippen molar-refractivity contribution in [2.45, 2.75) is 32.2 Å². The van der Waals surface area contributed by atoms with Gasteiger partial charge in [0, 0.05) is 15.8 Å². The van der Waals surface area contributed by atoms with E-state index in [-0.39, 0.29) is 6.04 Å². The van der Waals surface area contributed by atoms with E-state index in [2.05, 4.69) is 50.2 Å². The highest BCUT2D eigenvalue weighted by molar-refractivity contribution is 7.12. The second kappa shape index (κ2) is 4.52. The van der Waals surface area contributed by atoms with Crippen LogP contribution in [0.15, 0.2) is 36.4 Å². The maximum atomic E-state index is 6.45. The highest BCUT2D eigenvalue weighted by atomic mass is 32.1. The molecule has 94 valence electrons. The van der Waals surface area contributed by atoms with Gasteiger partial charge in [0.15, 0.2) is 0 Å². The molecule has 3 atom stereocenters. The summed E-state index contributed by atoms with van der Waals surface area (Å²) in [4.78, 5) is 2.76. The number of hydrogen-bond acceptors (Lipinski definition) is 2. The van der Waals surface area contributed by atoms with Gasteiger partial charge < -0.3 is 5.73 Å². The molecule has 1 aromatic carbocycles. The summed E-state index contributed by atoms with van der Waals surface area (Å²) in [5.41, 5.74) is 9.26. The van der Waals surface area contributed by atoms with Gasteiger partial charge >= 0.3 is 0 Å². The molecule has 18 heavy (non-hydrogen) atoms. The Morgan fingerprint density at radius 1 is 1.22 bits per heavy atom. The normalized spacial score (nSPS) is 23.9. The van der Waals surface area contributed by atoms with Crippen LogP contribution in [0.5, 0.6) is 0 Å². The molecule has 2 heteroatoms. The Kier molecular flexibility index (Phi) is 3.00. The fourth-order valence-corrected chi connectivity index (χ4v) is 3.89. The highest BCUT2D eigenvalue weighted by Gasteiger charge is 2.43. The number of nitrogens with two attached hydrogens (primary N) is 1. The van der Waals surface area contributed by atoms with Crippen LogP contribution in [0.3, 0.4) is 0 Å². The van der Waals surface area contributed by atoms with Crippen LogP contribution in [-0.4, -0.2) is 0 Å². The molecule has 3 unspecified atom stereocenters. The van der Waals surface area contributed by atoms with Crippen LogP contribution < -0.4 is 5.73 Å². The molecule has 1 aliphatic rings. The zero-order chi connectivity index (χ0) is 12.7. The van der Waals surface area contributed by atoms with Gasteiger partial charge in [-0.15, -0.1) is 11.3 Å². The summed E-state index contributed by atoms with van der Waals surface area (Å²) in [5.74, 6) is 1.29. The van der Waals surface area contributed by atoms with Gasteiger partial charge in [-0.1, -0.05) is 30.3 Å². The van der Waals surface area contributed by atoms with Crippen molar-refractivity contribution in [3.8, 4) is 0 Å². The van der Waals surface area contributed by atoms with Crippen LogP contribution in [-0.2, 0) is 0 Å². The van der Waals surface area contributed by atoms with Crippen LogP contribution in [0.25, 0.3) is 0 Å². The summed E-state index contributed by atoms with van der Waals surface area (Å²) in [5, 5.41) is 0. The van der Waals surface area contributed by atoms with Gasteiger partial charge in [-0.2, -0.15) is 0 Å². The minimum absolute atomic E-state index is 0.208. The molecule has 0 bridgehead atoms. The Bertz CT molecular complexity index is 543. The number of rotatable bonds is 3. The van der Waals surface area contributed by atoms with Gasteiger partial charge in [0.2, 0.25) is 0 Å². The molecule has 1 nitrogen and oxygen atoms in total. The first-order chi connectivity index (χ1) is 8.66. The second-order valence-corrected chi connectivity index (χ2v) is 6.77. The monoisotopic (exact) mass is 257 g/mol. The van der Waals surface area contributed by atoms with Gasteiger partial charge in [-0.05, 0) is 49.3 Å². The second-order valence-electron chi connectivity index (χ2n) is 5.31. The topological polar surface area (TPSA) is 26.0 Å². The predicted molar refractivity (Wildman–Crippen MR) is 78.0 cm³/mol. The third-order valence-electron chi connectivity index (χ3n) is 3.97. The van der Waals surface area contributed by atoms with E-state index in [1.165, 1.54) is 27.3 Å². The Balaban J connectivity index is 1.77. The SMILES string of the molecule is Cc1cc(C(N)C2CC2c2ccccc2)c(C)s1. The lowest BCUT2D eigenvalue weighted by Crippen LogP contribution is -2.13. The highest BCUT2D eigenvalue weighted by Crippen LogP contribution is 2.53. The molecule has 0 aliphatic heterocycles. The van der Waals surface area contributed by atoms with E-state index in [0.717, 1.165) is 0 Å². The first-order valence-corrected chi connectivity index (χ1v) is 7.36. The molecule has 0 amide bonds. The molecule has 1 aromatic heterocycles. The van der Waals surface area contributed by atoms with Gasteiger partial charge in [-0.3, -0.25) is 0 Å². The fraction of sp³-hybridized carbons (Fsp3) is 0.375. The third kappa shape index (κ3) is 2.11. The van der Waals surface area contributed by atoms with Crippen molar-refractivity contribution in [1.82, 2.24) is 0 Å². The number of benzene rings is 1. The van der Waals surface area contributed by atoms with E-state index in [4.69, 9.17) is 5.73 Å². The molecule has 1 fully saturated rings. The van der Waals surface area contributed by atoms with Crippen molar-refractivity contribution in [1.29, 1.82) is 0 Å². The number of aryl methyl sites for hydroxylation is 2. The Morgan fingerprint density at radius 3 is 2.56 bits per heavy atom. The van der Waals surface area contributed by atoms with E-state index in [1.807, 2.05) is 11.3 Å². The summed E-state index contributed by atoms with van der Waals surface area (Å²) in [6.07, 6.45) is 1.24. The van der Waals surface area contributed by atoms with E-state index >= 15 is 0 Å². The van der Waals surface area contributed by atoms with E-state index < -0.39 is 0 Å². The molecule has 3 rings (SSSR count). The molecule has 1 saturated carbocycles. The minimum atomic E-state index is 0.208. The van der Waals surface area contributed by atoms with Gasteiger partial charge in [0.05, 0.1) is 0 Å². The van der Waals surface area contributed by atoms with Crippen molar-refractivity contribution < 1.29 is 0 Å². The maximum absolute atomic E-state index is 6.45. The molecule has 2 N–H and O–H groups in total. The standard InChI is InChI=1S/C16H19NS/c1-10-8-13(11(2)18-10)16(17)15-9-14(15)12-6-4-3-5-7-12/h3-8,14-16H,9,17H2,1-2H3. The van der Waals surface area contributed by atoms with Gasteiger partial charge in [-0.25, -0.2) is 0 Å². The zero-order valence-corrected chi connectivity index (χ0v) is 11.7. The Labute approximate surface area is 113 Å². The molecule has 1 heterocycles. The molecule has 0 radical (unpaired) electrons. The van der Waals surface area contributed by atoms with Crippen LogP contribution in [0.2, 0.25) is 0 Å². The van der Waals surface area contributed by atoms with E-state index in [0.29, 0.717) is 11.8 Å². The Morgan fingerprint density at radius 2 is 1.94 bits per heavy atom. The van der Waals surface area contributed by atoms with Crippen molar-refractivity contribution >= 4 is 11.3 Å². The largest absolute Gasteiger partial charge is 0.324 e. The molecular weight excluding hydrogens is 238 g/mol. The third-order valence-corrected chi connectivity index (χ3v) is 4.95. The first-order valence-electron chi connectivity index (χ1n) is 6.54. The van der Waals surface area contributed by atoms with E-state index in [1.54, 1.807) is 0 Å². The van der Waals surface area contributed by atoms with Crippen LogP contribution in [0.4, 0.5) is 0 Å². The molecule has 2 aromatic rings. The van der Waals surface area contributed by atoms with Crippen LogP contribution in [0, 0.1) is 19.8 Å². The van der Waals surface area contributed by atoms with Crippen LogP contribution >= 0.6 is 11.3 Å². The maximum Gasteiger partial charge on any atom is 0.0340 e. The Hall–Kier alpha value is -1.12. The molecule has 1 aliphatic carbocycles. The molecule has 0 saturated heterocycles. The van der Waals surface area contributed by atoms with Crippen molar-refractivity contribution in [3.63, 3.8) is 0 Å². The summed E-state index contributed by atoms with van der Waals surface area (Å²) in [6.45, 7) is 4.35. The summed E-state index contributed by atoms with van der Waals surface area (Å²) < 4.78 is 0. The van der Waals surface area contributed by atoms with Crippen LogP contribution in [0.1, 0.15) is 39.3 Å². The lowest BCUT2D eigenvalue weighted by atomic mass is 10.00. The van der Waals surface area contributed by atoms with Gasteiger partial charge in [0.25, 0.3) is 0 Å². The smallest absolute Gasteiger partial charge is 0.0340 e. The summed E-state index contributed by atoms with van der Waals surface area (Å²) in [7, 11) is 0. The quantitative estimate of drug-likeness (QED) is 0.877. The molecular formula is C16H19NS. The average Bonchev–Trinajstić information content (AvgIpc) is 3.10. The van der Waals surface area contributed by atoms with Gasteiger partial charge in [0.1, 0.15) is 0 Å².